The second-order valence-corrected chi connectivity index (χ2v) is 5.80. The lowest BCUT2D eigenvalue weighted by atomic mass is 9.74. The Kier molecular flexibility index (Phi) is 4.95. The molecule has 0 aromatic heterocycles. The third kappa shape index (κ3) is 3.68. The van der Waals surface area contributed by atoms with Gasteiger partial charge in [0.15, 0.2) is 0 Å². The molecule has 0 aromatic rings. The molecule has 1 heterocycles. The average molecular weight is 242 g/mol. The molecule has 1 amide bonds. The molecule has 0 aliphatic carbocycles. The third-order valence-electron chi connectivity index (χ3n) is 3.75. The van der Waals surface area contributed by atoms with Crippen molar-refractivity contribution in [2.24, 2.45) is 11.3 Å². The van der Waals surface area contributed by atoms with Gasteiger partial charge in [0, 0.05) is 19.0 Å². The van der Waals surface area contributed by atoms with Gasteiger partial charge in [-0.2, -0.15) is 0 Å². The predicted octanol–water partition coefficient (Wildman–Crippen LogP) is 0.851. The van der Waals surface area contributed by atoms with Crippen LogP contribution in [-0.2, 0) is 4.79 Å². The number of nitrogens with zero attached hydrogens (tertiary/aromatic N) is 1. The Morgan fingerprint density at radius 2 is 2.24 bits per heavy atom. The van der Waals surface area contributed by atoms with Gasteiger partial charge in [0.2, 0.25) is 5.91 Å². The summed E-state index contributed by atoms with van der Waals surface area (Å²) in [6, 6.07) is 0. The second-order valence-electron chi connectivity index (χ2n) is 5.80. The summed E-state index contributed by atoms with van der Waals surface area (Å²) >= 11 is 0. The zero-order chi connectivity index (χ0) is 13.1. The van der Waals surface area contributed by atoms with E-state index < -0.39 is 6.10 Å². The maximum Gasteiger partial charge on any atom is 0.228 e. The van der Waals surface area contributed by atoms with Crippen LogP contribution in [0.4, 0.5) is 0 Å². The Morgan fingerprint density at radius 3 is 2.71 bits per heavy atom. The van der Waals surface area contributed by atoms with Crippen molar-refractivity contribution in [2.75, 3.05) is 26.7 Å². The lowest BCUT2D eigenvalue weighted by Gasteiger charge is -2.38. The Balaban J connectivity index is 2.64. The quantitative estimate of drug-likeness (QED) is 0.768. The van der Waals surface area contributed by atoms with E-state index in [1.54, 1.807) is 18.9 Å². The van der Waals surface area contributed by atoms with Crippen LogP contribution in [0.3, 0.4) is 0 Å². The van der Waals surface area contributed by atoms with Crippen LogP contribution in [0.2, 0.25) is 0 Å². The molecule has 0 bridgehead atoms. The van der Waals surface area contributed by atoms with E-state index in [1.807, 2.05) is 13.8 Å². The number of hydrogen-bond acceptors (Lipinski definition) is 3. The van der Waals surface area contributed by atoms with Gasteiger partial charge in [-0.15, -0.1) is 0 Å². The number of hydrogen-bond donors (Lipinski definition) is 2. The van der Waals surface area contributed by atoms with Crippen LogP contribution < -0.4 is 5.32 Å². The molecule has 1 fully saturated rings. The Hall–Kier alpha value is -0.610. The van der Waals surface area contributed by atoms with Crippen LogP contribution in [0.25, 0.3) is 0 Å². The molecule has 1 rings (SSSR count). The SMILES string of the molecule is CC(O)CN(C)C(=O)C(C)(C)C1CCCNC1. The van der Waals surface area contributed by atoms with Crippen molar-refractivity contribution >= 4 is 5.91 Å². The van der Waals surface area contributed by atoms with Gasteiger partial charge in [0.05, 0.1) is 6.10 Å². The van der Waals surface area contributed by atoms with Crippen molar-refractivity contribution < 1.29 is 9.90 Å². The standard InChI is InChI=1S/C13H26N2O2/c1-10(16)9-15(4)12(17)13(2,3)11-6-5-7-14-8-11/h10-11,14,16H,5-9H2,1-4H3. The van der Waals surface area contributed by atoms with Crippen LogP contribution in [0, 0.1) is 11.3 Å². The summed E-state index contributed by atoms with van der Waals surface area (Å²) in [6.07, 6.45) is 1.78. The number of amides is 1. The molecule has 1 aliphatic heterocycles. The van der Waals surface area contributed by atoms with Crippen LogP contribution in [0.5, 0.6) is 0 Å². The molecule has 0 saturated carbocycles. The first-order valence-electron chi connectivity index (χ1n) is 6.50. The smallest absolute Gasteiger partial charge is 0.228 e. The zero-order valence-corrected chi connectivity index (χ0v) is 11.5. The van der Waals surface area contributed by atoms with Gasteiger partial charge in [-0.05, 0) is 38.8 Å². The summed E-state index contributed by atoms with van der Waals surface area (Å²) in [6.45, 7) is 8.13. The Bertz CT molecular complexity index is 258. The third-order valence-corrected chi connectivity index (χ3v) is 3.75. The average Bonchev–Trinajstić information content (AvgIpc) is 2.28. The van der Waals surface area contributed by atoms with Gasteiger partial charge in [0.1, 0.15) is 0 Å². The van der Waals surface area contributed by atoms with Gasteiger partial charge in [-0.3, -0.25) is 4.79 Å². The highest BCUT2D eigenvalue weighted by atomic mass is 16.3. The maximum atomic E-state index is 12.4. The Labute approximate surface area is 104 Å². The van der Waals surface area contributed by atoms with Crippen LogP contribution in [-0.4, -0.2) is 48.7 Å². The summed E-state index contributed by atoms with van der Waals surface area (Å²) in [5.74, 6) is 0.521. The molecule has 17 heavy (non-hydrogen) atoms. The first-order valence-corrected chi connectivity index (χ1v) is 6.50. The second kappa shape index (κ2) is 5.83. The largest absolute Gasteiger partial charge is 0.392 e. The van der Waals surface area contributed by atoms with Gasteiger partial charge >= 0.3 is 0 Å². The van der Waals surface area contributed by atoms with Crippen LogP contribution >= 0.6 is 0 Å². The normalized spacial score (nSPS) is 23.2. The van der Waals surface area contributed by atoms with Crippen molar-refractivity contribution in [2.45, 2.75) is 39.7 Å². The monoisotopic (exact) mass is 242 g/mol. The van der Waals surface area contributed by atoms with E-state index in [0.717, 1.165) is 25.9 Å². The van der Waals surface area contributed by atoms with E-state index in [1.165, 1.54) is 0 Å². The van der Waals surface area contributed by atoms with Gasteiger partial charge < -0.3 is 15.3 Å². The van der Waals surface area contributed by atoms with Crippen molar-refractivity contribution in [1.82, 2.24) is 10.2 Å². The maximum absolute atomic E-state index is 12.4. The number of carbonyl (C=O) groups is 1. The van der Waals surface area contributed by atoms with Crippen molar-refractivity contribution in [1.29, 1.82) is 0 Å². The molecule has 4 nitrogen and oxygen atoms in total. The molecule has 4 heteroatoms. The highest BCUT2D eigenvalue weighted by Gasteiger charge is 2.38. The first-order chi connectivity index (χ1) is 7.85. The van der Waals surface area contributed by atoms with Crippen molar-refractivity contribution in [3.05, 3.63) is 0 Å². The molecule has 0 radical (unpaired) electrons. The summed E-state index contributed by atoms with van der Waals surface area (Å²) in [5, 5.41) is 12.7. The number of aliphatic hydroxyl groups excluding tert-OH is 1. The minimum Gasteiger partial charge on any atom is -0.392 e. The molecular formula is C13H26N2O2. The molecule has 0 spiro atoms. The highest BCUT2D eigenvalue weighted by Crippen LogP contribution is 2.33. The van der Waals surface area contributed by atoms with Crippen molar-refractivity contribution in [3.8, 4) is 0 Å². The number of likely N-dealkylation sites (N-methyl/N-ethyl adjacent to an activating group) is 1. The summed E-state index contributed by atoms with van der Waals surface area (Å²) < 4.78 is 0. The van der Waals surface area contributed by atoms with E-state index >= 15 is 0 Å². The zero-order valence-electron chi connectivity index (χ0n) is 11.5. The number of piperidine rings is 1. The number of aliphatic hydroxyl groups is 1. The molecule has 1 aliphatic rings. The molecule has 100 valence electrons. The van der Waals surface area contributed by atoms with Crippen LogP contribution in [0.1, 0.15) is 33.6 Å². The minimum atomic E-state index is -0.468. The predicted molar refractivity (Wildman–Crippen MR) is 68.7 cm³/mol. The number of carbonyl (C=O) groups excluding carboxylic acids is 1. The van der Waals surface area contributed by atoms with Crippen molar-refractivity contribution in [3.63, 3.8) is 0 Å². The summed E-state index contributed by atoms with van der Waals surface area (Å²) in [4.78, 5) is 14.0. The number of rotatable bonds is 4. The summed E-state index contributed by atoms with van der Waals surface area (Å²) in [7, 11) is 1.77. The van der Waals surface area contributed by atoms with E-state index in [4.69, 9.17) is 0 Å². The fraction of sp³-hybridized carbons (Fsp3) is 0.923. The molecule has 1 saturated heterocycles. The van der Waals surface area contributed by atoms with E-state index in [9.17, 15) is 9.90 Å². The molecule has 2 atom stereocenters. The first kappa shape index (κ1) is 14.5. The highest BCUT2D eigenvalue weighted by molar-refractivity contribution is 5.82. The summed E-state index contributed by atoms with van der Waals surface area (Å²) in [5.41, 5.74) is -0.350. The van der Waals surface area contributed by atoms with Gasteiger partial charge in [-0.1, -0.05) is 13.8 Å². The lowest BCUT2D eigenvalue weighted by Crippen LogP contribution is -2.49. The lowest BCUT2D eigenvalue weighted by molar-refractivity contribution is -0.143. The Morgan fingerprint density at radius 1 is 1.59 bits per heavy atom. The fourth-order valence-corrected chi connectivity index (χ4v) is 2.61. The van der Waals surface area contributed by atoms with Gasteiger partial charge in [-0.25, -0.2) is 0 Å². The van der Waals surface area contributed by atoms with E-state index in [2.05, 4.69) is 5.32 Å². The topological polar surface area (TPSA) is 52.6 Å². The van der Waals surface area contributed by atoms with E-state index in [-0.39, 0.29) is 11.3 Å². The molecular weight excluding hydrogens is 216 g/mol. The molecule has 2 unspecified atom stereocenters. The van der Waals surface area contributed by atoms with Crippen LogP contribution in [0.15, 0.2) is 0 Å². The van der Waals surface area contributed by atoms with Gasteiger partial charge in [0.25, 0.3) is 0 Å². The van der Waals surface area contributed by atoms with E-state index in [0.29, 0.717) is 12.5 Å². The number of nitrogens with one attached hydrogen (secondary N) is 1. The molecule has 2 N–H and O–H groups in total. The minimum absolute atomic E-state index is 0.132. The molecule has 0 aromatic carbocycles. The fourth-order valence-electron chi connectivity index (χ4n) is 2.61.